The molecular weight excluding hydrogens is 537 g/mol. The molecule has 1 saturated heterocycles. The molecular formula is C30H22CrNO5P+. The van der Waals surface area contributed by atoms with Crippen molar-refractivity contribution in [1.29, 1.82) is 0 Å². The summed E-state index contributed by atoms with van der Waals surface area (Å²) in [5.41, 5.74) is 5.53. The fourth-order valence-corrected chi connectivity index (χ4v) is 7.12. The molecule has 0 bridgehead atoms. The molecule has 3 aromatic carbocycles. The summed E-state index contributed by atoms with van der Waals surface area (Å²) in [5.74, 6) is -0.526. The largest absolute Gasteiger partial charge is 0 e. The number of amides is 2. The number of imide groups is 1. The number of nitrogens with zero attached hydrogens (tertiary/aromatic N) is 1. The van der Waals surface area contributed by atoms with Gasteiger partial charge in [0, 0.05) is 48.6 Å². The Hall–Kier alpha value is -3.02. The normalized spacial score (nSPS) is 16.2. The van der Waals surface area contributed by atoms with Crippen LogP contribution in [0, 0.1) is 50.2 Å². The molecule has 2 amide bonds. The van der Waals surface area contributed by atoms with E-state index in [1.54, 1.807) is 24.3 Å². The van der Waals surface area contributed by atoms with Crippen molar-refractivity contribution >= 4 is 19.1 Å². The summed E-state index contributed by atoms with van der Waals surface area (Å²) in [6, 6.07) is 28.2. The van der Waals surface area contributed by atoms with E-state index < -0.39 is 7.26 Å². The van der Waals surface area contributed by atoms with Crippen molar-refractivity contribution < 1.29 is 40.9 Å². The zero-order valence-electron chi connectivity index (χ0n) is 20.6. The molecule has 0 aromatic heterocycles. The van der Waals surface area contributed by atoms with Crippen molar-refractivity contribution in [2.24, 2.45) is 0 Å². The molecule has 0 N–H and O–H groups in total. The molecule has 0 unspecified atom stereocenters. The quantitative estimate of drug-likeness (QED) is 0.182. The summed E-state index contributed by atoms with van der Waals surface area (Å²) in [7, 11) is -1.74. The molecule has 2 aliphatic heterocycles. The minimum atomic E-state index is -1.74. The van der Waals surface area contributed by atoms with Crippen molar-refractivity contribution in [3.05, 3.63) is 157 Å². The van der Waals surface area contributed by atoms with Gasteiger partial charge in [-0.1, -0.05) is 72.8 Å². The van der Waals surface area contributed by atoms with Crippen LogP contribution < -0.4 is 0 Å². The predicted octanol–water partition coefficient (Wildman–Crippen LogP) is 5.56. The van der Waals surface area contributed by atoms with Crippen LogP contribution in [-0.4, -0.2) is 30.0 Å². The Balaban J connectivity index is 0.000000966. The van der Waals surface area contributed by atoms with E-state index in [1.807, 2.05) is 49.2 Å². The van der Waals surface area contributed by atoms with Gasteiger partial charge < -0.3 is 0 Å². The van der Waals surface area contributed by atoms with Crippen LogP contribution in [0.4, 0.5) is 0 Å². The van der Waals surface area contributed by atoms with Crippen molar-refractivity contribution in [3.8, 4) is 0 Å². The smallest absolute Gasteiger partial charge is 0 e. The van der Waals surface area contributed by atoms with Crippen molar-refractivity contribution in [2.45, 2.75) is 0 Å². The molecule has 38 heavy (non-hydrogen) atoms. The molecule has 5 rings (SSSR count). The second-order valence-electron chi connectivity index (χ2n) is 8.16. The van der Waals surface area contributed by atoms with E-state index >= 15 is 0 Å². The van der Waals surface area contributed by atoms with Gasteiger partial charge in [-0.25, -0.2) is 0 Å². The van der Waals surface area contributed by atoms with Gasteiger partial charge in [0.1, 0.15) is 0 Å². The molecule has 0 saturated carbocycles. The number of carbonyl (C=O) groups is 2. The molecule has 8 heteroatoms. The van der Waals surface area contributed by atoms with Gasteiger partial charge in [-0.15, -0.1) is 0 Å². The van der Waals surface area contributed by atoms with Crippen LogP contribution in [0.15, 0.2) is 84.9 Å². The third-order valence-corrected chi connectivity index (χ3v) is 9.15. The van der Waals surface area contributed by atoms with E-state index in [1.165, 1.54) is 16.2 Å². The monoisotopic (exact) mass is 559 g/mol. The van der Waals surface area contributed by atoms with Gasteiger partial charge in [0.15, 0.2) is 11.3 Å². The second kappa shape index (κ2) is 15.4. The molecule has 3 aromatic rings. The standard InChI is InChI=1S/C27H22NO2P.3CO.Cr/c1-31(2)24(19-11-5-3-6-12-19)17-21(18-25(31)20-13-7-4-8-14-20)28-26(29)22-15-9-10-16-23(22)27(28)30;3*1-2;/h3-18H,1-2H3;;;;/q+1;;;;. The van der Waals surface area contributed by atoms with E-state index in [9.17, 15) is 9.59 Å². The van der Waals surface area contributed by atoms with E-state index in [4.69, 9.17) is 14.0 Å². The second-order valence-corrected chi connectivity index (χ2v) is 12.0. The number of hydrogen-bond donors (Lipinski definition) is 0. The Morgan fingerprint density at radius 1 is 0.579 bits per heavy atom. The first-order valence-electron chi connectivity index (χ1n) is 10.8. The molecule has 0 spiro atoms. The first kappa shape index (κ1) is 33.0. The minimum absolute atomic E-state index is 0. The number of hydrogen-bond acceptors (Lipinski definition) is 2. The van der Waals surface area contributed by atoms with Gasteiger partial charge in [0.2, 0.25) is 0 Å². The van der Waals surface area contributed by atoms with Crippen LogP contribution in [-0.2, 0) is 31.3 Å². The van der Waals surface area contributed by atoms with E-state index in [2.05, 4.69) is 57.5 Å². The Bertz CT molecular complexity index is 1170. The first-order valence-corrected chi connectivity index (χ1v) is 13.5. The fraction of sp³-hybridized carbons (Fsp3) is 0.0667. The Morgan fingerprint density at radius 3 is 1.24 bits per heavy atom. The molecule has 0 aliphatic carbocycles. The Morgan fingerprint density at radius 2 is 0.895 bits per heavy atom. The maximum absolute atomic E-state index is 13.2. The number of fused-ring (bicyclic) bond motifs is 1. The van der Waals surface area contributed by atoms with Crippen LogP contribution >= 0.6 is 7.26 Å². The maximum Gasteiger partial charge on any atom is 0 e. The third kappa shape index (κ3) is 6.51. The van der Waals surface area contributed by atoms with Crippen LogP contribution in [0.25, 0.3) is 0 Å². The molecule has 5 radical (unpaired) electrons. The molecule has 187 valence electrons. The summed E-state index contributed by atoms with van der Waals surface area (Å²) in [6.45, 7) is 18.1. The summed E-state index contributed by atoms with van der Waals surface area (Å²) in [4.78, 5) is 27.7. The maximum atomic E-state index is 13.2. The van der Waals surface area contributed by atoms with Crippen molar-refractivity contribution in [3.63, 3.8) is 0 Å². The molecule has 0 atom stereocenters. The average molecular weight is 559 g/mol. The van der Waals surface area contributed by atoms with Gasteiger partial charge in [-0.2, -0.15) is 0 Å². The summed E-state index contributed by atoms with van der Waals surface area (Å²) in [6.07, 6.45) is 4.08. The molecule has 6 nitrogen and oxygen atoms in total. The zero-order valence-corrected chi connectivity index (χ0v) is 22.8. The third-order valence-electron chi connectivity index (χ3n) is 5.97. The van der Waals surface area contributed by atoms with Crippen molar-refractivity contribution in [1.82, 2.24) is 4.90 Å². The first-order chi connectivity index (χ1) is 18.0. The zero-order chi connectivity index (χ0) is 27.6. The van der Waals surface area contributed by atoms with Crippen LogP contribution in [0.2, 0.25) is 0 Å². The summed E-state index contributed by atoms with van der Waals surface area (Å²) >= 11 is 0. The average Bonchev–Trinajstić information content (AvgIpc) is 3.22. The van der Waals surface area contributed by atoms with Crippen LogP contribution in [0.1, 0.15) is 31.8 Å². The van der Waals surface area contributed by atoms with Crippen LogP contribution in [0.5, 0.6) is 0 Å². The SMILES string of the molecule is C[P+]1(C)[C](c2ccccc2)[CH][C](N2C(=O)c3ccccc3C2=O)[CH][C]1c1ccccc1.[C-]#[O+].[C-]#[O+].[C-]#[O+].[Cr]. The van der Waals surface area contributed by atoms with Crippen molar-refractivity contribution in [2.75, 3.05) is 13.3 Å². The predicted molar refractivity (Wildman–Crippen MR) is 137 cm³/mol. The molecule has 2 aliphatic rings. The Kier molecular flexibility index (Phi) is 13.4. The number of benzene rings is 3. The Labute approximate surface area is 235 Å². The van der Waals surface area contributed by atoms with Gasteiger partial charge in [0.05, 0.1) is 30.5 Å². The van der Waals surface area contributed by atoms with Gasteiger partial charge in [-0.3, -0.25) is 14.5 Å². The van der Waals surface area contributed by atoms with Gasteiger partial charge in [0.25, 0.3) is 11.8 Å². The number of rotatable bonds is 3. The summed E-state index contributed by atoms with van der Waals surface area (Å²) < 4.78 is 22.5. The van der Waals surface area contributed by atoms with E-state index in [0.717, 1.165) is 11.1 Å². The fourth-order valence-electron chi connectivity index (χ4n) is 4.36. The topological polar surface area (TPSA) is 97.1 Å². The summed E-state index contributed by atoms with van der Waals surface area (Å²) in [5, 5.41) is 0. The van der Waals surface area contributed by atoms with Gasteiger partial charge >= 0.3 is 33.9 Å². The molecule has 1 fully saturated rings. The minimum Gasteiger partial charge on any atom is 0 e. The van der Waals surface area contributed by atoms with E-state index in [0.29, 0.717) is 17.2 Å². The van der Waals surface area contributed by atoms with Gasteiger partial charge in [-0.05, 0) is 12.1 Å². The molecule has 2 heterocycles. The number of carbonyl (C=O) groups excluding carboxylic acids is 2. The van der Waals surface area contributed by atoms with E-state index in [-0.39, 0.29) is 29.2 Å². The van der Waals surface area contributed by atoms with Crippen LogP contribution in [0.3, 0.4) is 0 Å².